The van der Waals surface area contributed by atoms with Crippen molar-refractivity contribution in [3.63, 3.8) is 0 Å². The molecule has 0 atom stereocenters. The lowest BCUT2D eigenvalue weighted by Crippen LogP contribution is -2.41. The molecule has 1 aliphatic heterocycles. The van der Waals surface area contributed by atoms with Crippen LogP contribution < -0.4 is 10.6 Å². The van der Waals surface area contributed by atoms with Gasteiger partial charge in [0.2, 0.25) is 0 Å². The lowest BCUT2D eigenvalue weighted by Gasteiger charge is -2.19. The molecule has 0 spiro atoms. The molecular formula is C23H28FN3O4. The zero-order valence-electron chi connectivity index (χ0n) is 18.3. The van der Waals surface area contributed by atoms with E-state index in [1.165, 1.54) is 26.0 Å². The summed E-state index contributed by atoms with van der Waals surface area (Å²) in [6, 6.07) is 4.31. The summed E-state index contributed by atoms with van der Waals surface area (Å²) in [7, 11) is 0. The van der Waals surface area contributed by atoms with Gasteiger partial charge in [0.05, 0.1) is 16.9 Å². The summed E-state index contributed by atoms with van der Waals surface area (Å²) in [5, 5.41) is 15.0. The summed E-state index contributed by atoms with van der Waals surface area (Å²) in [6.07, 6.45) is 2.33. The van der Waals surface area contributed by atoms with Gasteiger partial charge in [0.1, 0.15) is 5.82 Å². The fourth-order valence-electron chi connectivity index (χ4n) is 3.87. The fourth-order valence-corrected chi connectivity index (χ4v) is 3.87. The highest BCUT2D eigenvalue weighted by Crippen LogP contribution is 2.29. The Labute approximate surface area is 180 Å². The number of amides is 2. The maximum Gasteiger partial charge on any atom is 0.294 e. The normalized spacial score (nSPS) is 13.5. The first kappa shape index (κ1) is 22.7. The van der Waals surface area contributed by atoms with Crippen molar-refractivity contribution in [2.75, 3.05) is 11.9 Å². The molecule has 0 radical (unpaired) electrons. The van der Waals surface area contributed by atoms with Gasteiger partial charge in [-0.1, -0.05) is 0 Å². The van der Waals surface area contributed by atoms with Gasteiger partial charge in [-0.25, -0.2) is 4.39 Å². The zero-order valence-corrected chi connectivity index (χ0v) is 18.3. The highest BCUT2D eigenvalue weighted by atomic mass is 19.1. The number of nitrogens with one attached hydrogen (secondary N) is 2. The molecule has 3 N–H and O–H groups in total. The highest BCUT2D eigenvalue weighted by Gasteiger charge is 2.32. The first-order valence-electron chi connectivity index (χ1n) is 10.3. The second kappa shape index (κ2) is 8.63. The molecule has 1 aromatic carbocycles. The van der Waals surface area contributed by atoms with E-state index < -0.39 is 23.2 Å². The number of rotatable bonds is 6. The van der Waals surface area contributed by atoms with Gasteiger partial charge in [0, 0.05) is 24.5 Å². The summed E-state index contributed by atoms with van der Waals surface area (Å²) >= 11 is 0. The minimum Gasteiger partial charge on any atom is -0.389 e. The molecule has 0 unspecified atom stereocenters. The Morgan fingerprint density at radius 2 is 1.90 bits per heavy atom. The van der Waals surface area contributed by atoms with Crippen molar-refractivity contribution >= 4 is 23.3 Å². The van der Waals surface area contributed by atoms with Gasteiger partial charge in [-0.2, -0.15) is 0 Å². The van der Waals surface area contributed by atoms with E-state index in [1.54, 1.807) is 24.5 Å². The summed E-state index contributed by atoms with van der Waals surface area (Å²) in [5.41, 5.74) is 1.45. The third-order valence-electron chi connectivity index (χ3n) is 5.41. The number of fused-ring (bicyclic) bond motifs is 1. The second-order valence-electron chi connectivity index (χ2n) is 8.65. The van der Waals surface area contributed by atoms with E-state index in [0.29, 0.717) is 35.3 Å². The maximum atomic E-state index is 13.5. The predicted molar refractivity (Wildman–Crippen MR) is 115 cm³/mol. The van der Waals surface area contributed by atoms with Crippen LogP contribution in [0, 0.1) is 19.7 Å². The van der Waals surface area contributed by atoms with Crippen molar-refractivity contribution < 1.29 is 23.9 Å². The minimum absolute atomic E-state index is 0.0680. The number of halogens is 1. The lowest BCUT2D eigenvalue weighted by atomic mass is 10.0. The molecule has 8 heteroatoms. The molecule has 2 aromatic rings. The Bertz CT molecular complexity index is 1050. The number of Topliss-reactive ketones (excluding diaryl/α,β-unsaturated/α-hetero) is 1. The number of aliphatic hydroxyl groups is 1. The van der Waals surface area contributed by atoms with E-state index >= 15 is 0 Å². The molecule has 0 fully saturated rings. The number of hydrogen-bond acceptors (Lipinski definition) is 4. The number of aromatic nitrogens is 1. The Hall–Kier alpha value is -3.00. The molecule has 1 aliphatic rings. The molecule has 166 valence electrons. The van der Waals surface area contributed by atoms with Crippen molar-refractivity contribution in [3.8, 4) is 0 Å². The van der Waals surface area contributed by atoms with Gasteiger partial charge >= 0.3 is 0 Å². The van der Waals surface area contributed by atoms with E-state index in [2.05, 4.69) is 10.6 Å². The van der Waals surface area contributed by atoms with Gasteiger partial charge in [-0.15, -0.1) is 0 Å². The summed E-state index contributed by atoms with van der Waals surface area (Å²) in [4.78, 5) is 38.5. The van der Waals surface area contributed by atoms with E-state index in [1.807, 2.05) is 0 Å². The molecule has 3 rings (SSSR count). The summed E-state index contributed by atoms with van der Waals surface area (Å²) in [6.45, 7) is 6.80. The molecule has 2 heterocycles. The molecule has 0 saturated heterocycles. The van der Waals surface area contributed by atoms with E-state index in [0.717, 1.165) is 18.5 Å². The van der Waals surface area contributed by atoms with Crippen LogP contribution in [-0.2, 0) is 17.8 Å². The zero-order chi connectivity index (χ0) is 22.9. The van der Waals surface area contributed by atoms with Crippen molar-refractivity contribution in [2.24, 2.45) is 0 Å². The third kappa shape index (κ3) is 4.85. The number of carbonyl (C=O) groups excluding carboxylic acids is 3. The Kier molecular flexibility index (Phi) is 6.31. The van der Waals surface area contributed by atoms with Crippen LogP contribution in [0.5, 0.6) is 0 Å². The predicted octanol–water partition coefficient (Wildman–Crippen LogP) is 2.90. The number of carbonyl (C=O) groups is 3. The molecule has 31 heavy (non-hydrogen) atoms. The van der Waals surface area contributed by atoms with E-state index in [-0.39, 0.29) is 18.1 Å². The van der Waals surface area contributed by atoms with Crippen molar-refractivity contribution in [1.82, 2.24) is 9.88 Å². The van der Waals surface area contributed by atoms with Crippen molar-refractivity contribution in [3.05, 3.63) is 52.1 Å². The van der Waals surface area contributed by atoms with Crippen LogP contribution >= 0.6 is 0 Å². The molecule has 0 aliphatic carbocycles. The molecule has 0 saturated carbocycles. The van der Waals surface area contributed by atoms with Crippen LogP contribution in [-0.4, -0.2) is 39.4 Å². The smallest absolute Gasteiger partial charge is 0.294 e. The number of nitrogens with zero attached hydrogens (tertiary/aromatic N) is 1. The summed E-state index contributed by atoms with van der Waals surface area (Å²) in [5.74, 6) is -2.32. The molecule has 0 bridgehead atoms. The SMILES string of the molecule is Cc1cc(NC(=O)c2c(C)c(C(=O)C(=O)NCC(C)(C)O)n3c2CCCC3)ccc1F. The highest BCUT2D eigenvalue weighted by molar-refractivity contribution is 6.43. The molecule has 1 aromatic heterocycles. The number of anilines is 1. The minimum atomic E-state index is -1.15. The van der Waals surface area contributed by atoms with E-state index in [4.69, 9.17) is 0 Å². The molecule has 7 nitrogen and oxygen atoms in total. The third-order valence-corrected chi connectivity index (χ3v) is 5.41. The maximum absolute atomic E-state index is 13.5. The standard InChI is InChI=1S/C23H28FN3O4/c1-13-11-15(8-9-16(13)24)26-21(29)18-14(2)19(27-10-6-5-7-17(18)27)20(28)22(30)25-12-23(3,4)31/h8-9,11,31H,5-7,10,12H2,1-4H3,(H,25,30)(H,26,29). The van der Waals surface area contributed by atoms with Gasteiger partial charge in [0.25, 0.3) is 17.6 Å². The van der Waals surface area contributed by atoms with Crippen LogP contribution in [0.1, 0.15) is 64.4 Å². The topological polar surface area (TPSA) is 100 Å². The van der Waals surface area contributed by atoms with Crippen LogP contribution in [0.2, 0.25) is 0 Å². The van der Waals surface area contributed by atoms with Crippen LogP contribution in [0.15, 0.2) is 18.2 Å². The first-order valence-corrected chi connectivity index (χ1v) is 10.3. The number of hydrogen-bond donors (Lipinski definition) is 3. The van der Waals surface area contributed by atoms with Crippen LogP contribution in [0.25, 0.3) is 0 Å². The monoisotopic (exact) mass is 429 g/mol. The average Bonchev–Trinajstić information content (AvgIpc) is 2.99. The number of aryl methyl sites for hydroxylation is 1. The Morgan fingerprint density at radius 3 is 2.55 bits per heavy atom. The number of ketones is 1. The molecular weight excluding hydrogens is 401 g/mol. The van der Waals surface area contributed by atoms with Crippen LogP contribution in [0.3, 0.4) is 0 Å². The largest absolute Gasteiger partial charge is 0.389 e. The first-order chi connectivity index (χ1) is 14.5. The van der Waals surface area contributed by atoms with Gasteiger partial charge in [0.15, 0.2) is 0 Å². The van der Waals surface area contributed by atoms with Crippen molar-refractivity contribution in [2.45, 2.75) is 59.1 Å². The fraction of sp³-hybridized carbons (Fsp3) is 0.435. The second-order valence-corrected chi connectivity index (χ2v) is 8.65. The van der Waals surface area contributed by atoms with Gasteiger partial charge < -0.3 is 20.3 Å². The van der Waals surface area contributed by atoms with E-state index in [9.17, 15) is 23.9 Å². The molecule has 2 amide bonds. The summed E-state index contributed by atoms with van der Waals surface area (Å²) < 4.78 is 15.3. The lowest BCUT2D eigenvalue weighted by molar-refractivity contribution is -0.118. The van der Waals surface area contributed by atoms with Gasteiger partial charge in [-0.3, -0.25) is 14.4 Å². The number of benzene rings is 1. The quantitative estimate of drug-likeness (QED) is 0.486. The Balaban J connectivity index is 1.94. The van der Waals surface area contributed by atoms with Crippen molar-refractivity contribution in [1.29, 1.82) is 0 Å². The van der Waals surface area contributed by atoms with Crippen LogP contribution in [0.4, 0.5) is 10.1 Å². The average molecular weight is 429 g/mol. The van der Waals surface area contributed by atoms with Gasteiger partial charge in [-0.05, 0) is 76.3 Å². The Morgan fingerprint density at radius 1 is 1.19 bits per heavy atom.